The van der Waals surface area contributed by atoms with Crippen LogP contribution in [0, 0.1) is 12.7 Å². The summed E-state index contributed by atoms with van der Waals surface area (Å²) in [6.45, 7) is 4.55. The molecule has 0 spiro atoms. The van der Waals surface area contributed by atoms with Gasteiger partial charge < -0.3 is 9.30 Å². The van der Waals surface area contributed by atoms with Crippen molar-refractivity contribution in [1.29, 1.82) is 0 Å². The van der Waals surface area contributed by atoms with Gasteiger partial charge in [-0.3, -0.25) is 4.90 Å². The third-order valence-electron chi connectivity index (χ3n) is 4.59. The molecule has 3 nitrogen and oxygen atoms in total. The predicted molar refractivity (Wildman–Crippen MR) is 96.0 cm³/mol. The van der Waals surface area contributed by atoms with Gasteiger partial charge in [0.15, 0.2) is 0 Å². The number of nitrogens with zero attached hydrogens (tertiary/aromatic N) is 2. The molecule has 1 fully saturated rings. The van der Waals surface area contributed by atoms with Crippen molar-refractivity contribution < 1.29 is 9.13 Å². The highest BCUT2D eigenvalue weighted by Gasteiger charge is 2.27. The van der Waals surface area contributed by atoms with Crippen LogP contribution >= 0.6 is 0 Å². The molecule has 1 aliphatic heterocycles. The lowest BCUT2D eigenvalue weighted by molar-refractivity contribution is 0.0288. The Bertz CT molecular complexity index is 874. The van der Waals surface area contributed by atoms with Crippen molar-refractivity contribution >= 4 is 0 Å². The lowest BCUT2D eigenvalue weighted by Gasteiger charge is -2.22. The summed E-state index contributed by atoms with van der Waals surface area (Å²) in [4.78, 5) is 2.32. The maximum atomic E-state index is 14.0. The fourth-order valence-electron chi connectivity index (χ4n) is 3.39. The first-order chi connectivity index (χ1) is 12.2. The summed E-state index contributed by atoms with van der Waals surface area (Å²) in [5, 5.41) is 0. The number of aromatic nitrogens is 1. The van der Waals surface area contributed by atoms with Gasteiger partial charge in [0.1, 0.15) is 12.0 Å². The minimum Gasteiger partial charge on any atom is -0.357 e. The molecule has 1 saturated heterocycles. The van der Waals surface area contributed by atoms with E-state index in [0.717, 1.165) is 18.7 Å². The molecule has 1 aromatic heterocycles. The summed E-state index contributed by atoms with van der Waals surface area (Å²) >= 11 is 0. The zero-order chi connectivity index (χ0) is 17.2. The van der Waals surface area contributed by atoms with E-state index in [1.54, 1.807) is 12.1 Å². The lowest BCUT2D eigenvalue weighted by Crippen LogP contribution is -2.23. The van der Waals surface area contributed by atoms with Gasteiger partial charge in [0, 0.05) is 31.0 Å². The van der Waals surface area contributed by atoms with Gasteiger partial charge >= 0.3 is 0 Å². The molecule has 4 heteroatoms. The van der Waals surface area contributed by atoms with Crippen LogP contribution in [-0.4, -0.2) is 22.6 Å². The quantitative estimate of drug-likeness (QED) is 0.700. The molecule has 0 saturated carbocycles. The molecule has 4 rings (SSSR count). The molecule has 128 valence electrons. The fourth-order valence-corrected chi connectivity index (χ4v) is 3.39. The summed E-state index contributed by atoms with van der Waals surface area (Å²) in [7, 11) is 0. The van der Waals surface area contributed by atoms with Crippen LogP contribution in [0.5, 0.6) is 0 Å². The SMILES string of the molecule is Cc1cccc(CN2CCO[C@@H]2c2ccn(-c3ccccc3F)c2)c1. The summed E-state index contributed by atoms with van der Waals surface area (Å²) < 4.78 is 21.8. The molecule has 0 N–H and O–H groups in total. The Kier molecular flexibility index (Phi) is 4.38. The molecule has 1 aliphatic rings. The van der Waals surface area contributed by atoms with Crippen molar-refractivity contribution in [1.82, 2.24) is 9.47 Å². The van der Waals surface area contributed by atoms with Crippen LogP contribution in [0.2, 0.25) is 0 Å². The van der Waals surface area contributed by atoms with E-state index < -0.39 is 0 Å². The van der Waals surface area contributed by atoms with E-state index in [-0.39, 0.29) is 12.0 Å². The Balaban J connectivity index is 1.56. The first-order valence-electron chi connectivity index (χ1n) is 8.55. The zero-order valence-corrected chi connectivity index (χ0v) is 14.2. The van der Waals surface area contributed by atoms with Crippen LogP contribution in [-0.2, 0) is 11.3 Å². The van der Waals surface area contributed by atoms with Gasteiger partial charge in [-0.05, 0) is 30.7 Å². The molecule has 2 aromatic carbocycles. The summed E-state index contributed by atoms with van der Waals surface area (Å²) in [6, 6.07) is 17.4. The van der Waals surface area contributed by atoms with Gasteiger partial charge in [0.25, 0.3) is 0 Å². The number of rotatable bonds is 4. The standard InChI is InChI=1S/C21H21FN2O/c1-16-5-4-6-17(13-16)14-24-11-12-25-21(24)18-9-10-23(15-18)20-8-3-2-7-19(20)22/h2-10,13,15,21H,11-12,14H2,1H3/t21-/m1/s1. The van der Waals surface area contributed by atoms with Crippen molar-refractivity contribution in [2.24, 2.45) is 0 Å². The second-order valence-electron chi connectivity index (χ2n) is 6.49. The highest BCUT2D eigenvalue weighted by Crippen LogP contribution is 2.29. The Morgan fingerprint density at radius 1 is 1.12 bits per heavy atom. The van der Waals surface area contributed by atoms with Gasteiger partial charge in [-0.2, -0.15) is 0 Å². The smallest absolute Gasteiger partial charge is 0.147 e. The van der Waals surface area contributed by atoms with Crippen molar-refractivity contribution in [2.45, 2.75) is 19.7 Å². The molecule has 0 aliphatic carbocycles. The maximum absolute atomic E-state index is 14.0. The Labute approximate surface area is 147 Å². The van der Waals surface area contributed by atoms with Crippen LogP contribution in [0.1, 0.15) is 22.9 Å². The highest BCUT2D eigenvalue weighted by molar-refractivity contribution is 5.35. The van der Waals surface area contributed by atoms with Gasteiger partial charge in [0.2, 0.25) is 0 Å². The van der Waals surface area contributed by atoms with Crippen LogP contribution in [0.4, 0.5) is 4.39 Å². The normalized spacial score (nSPS) is 17.9. The number of hydrogen-bond donors (Lipinski definition) is 0. The van der Waals surface area contributed by atoms with Gasteiger partial charge in [-0.15, -0.1) is 0 Å². The molecule has 3 aromatic rings. The first-order valence-corrected chi connectivity index (χ1v) is 8.55. The predicted octanol–water partition coefficient (Wildman–Crippen LogP) is 4.46. The largest absolute Gasteiger partial charge is 0.357 e. The molecular weight excluding hydrogens is 315 g/mol. The van der Waals surface area contributed by atoms with E-state index in [4.69, 9.17) is 4.74 Å². The van der Waals surface area contributed by atoms with Crippen LogP contribution in [0.15, 0.2) is 67.0 Å². The van der Waals surface area contributed by atoms with Crippen LogP contribution in [0.3, 0.4) is 0 Å². The van der Waals surface area contributed by atoms with E-state index in [9.17, 15) is 4.39 Å². The number of benzene rings is 2. The van der Waals surface area contributed by atoms with Gasteiger partial charge in [-0.25, -0.2) is 4.39 Å². The molecule has 0 unspecified atom stereocenters. The second-order valence-corrected chi connectivity index (χ2v) is 6.49. The third kappa shape index (κ3) is 3.36. The van der Waals surface area contributed by atoms with E-state index in [2.05, 4.69) is 36.1 Å². The second kappa shape index (κ2) is 6.82. The van der Waals surface area contributed by atoms with Gasteiger partial charge in [-0.1, -0.05) is 42.0 Å². The average molecular weight is 336 g/mol. The lowest BCUT2D eigenvalue weighted by atomic mass is 10.1. The van der Waals surface area contributed by atoms with E-state index >= 15 is 0 Å². The average Bonchev–Trinajstić information content (AvgIpc) is 3.24. The van der Waals surface area contributed by atoms with Crippen molar-refractivity contribution in [2.75, 3.05) is 13.2 Å². The third-order valence-corrected chi connectivity index (χ3v) is 4.59. The minimum absolute atomic E-state index is 0.0893. The first kappa shape index (κ1) is 16.1. The Morgan fingerprint density at radius 3 is 2.84 bits per heavy atom. The summed E-state index contributed by atoms with van der Waals surface area (Å²) in [5.74, 6) is -0.228. The maximum Gasteiger partial charge on any atom is 0.147 e. The van der Waals surface area contributed by atoms with E-state index in [0.29, 0.717) is 12.3 Å². The number of ether oxygens (including phenoxy) is 1. The minimum atomic E-state index is -0.228. The molecule has 2 heterocycles. The Morgan fingerprint density at radius 2 is 2.00 bits per heavy atom. The topological polar surface area (TPSA) is 17.4 Å². The molecule has 0 amide bonds. The number of halogens is 1. The van der Waals surface area contributed by atoms with Gasteiger partial charge in [0.05, 0.1) is 12.3 Å². The summed E-state index contributed by atoms with van der Waals surface area (Å²) in [6.07, 6.45) is 3.76. The number of aryl methyl sites for hydroxylation is 1. The molecule has 1 atom stereocenters. The summed E-state index contributed by atoms with van der Waals surface area (Å²) in [5.41, 5.74) is 4.15. The molecule has 25 heavy (non-hydrogen) atoms. The molecular formula is C21H21FN2O. The van der Waals surface area contributed by atoms with Crippen molar-refractivity contribution in [3.05, 3.63) is 89.5 Å². The Hall–Kier alpha value is -2.43. The van der Waals surface area contributed by atoms with Crippen LogP contribution in [0.25, 0.3) is 5.69 Å². The number of hydrogen-bond acceptors (Lipinski definition) is 2. The molecule has 0 bridgehead atoms. The van der Waals surface area contributed by atoms with Crippen LogP contribution < -0.4 is 0 Å². The van der Waals surface area contributed by atoms with E-state index in [1.807, 2.05) is 29.1 Å². The number of para-hydroxylation sites is 1. The monoisotopic (exact) mass is 336 g/mol. The highest BCUT2D eigenvalue weighted by atomic mass is 19.1. The fraction of sp³-hybridized carbons (Fsp3) is 0.238. The van der Waals surface area contributed by atoms with E-state index in [1.165, 1.54) is 17.2 Å². The zero-order valence-electron chi connectivity index (χ0n) is 14.2. The van der Waals surface area contributed by atoms with Crippen molar-refractivity contribution in [3.8, 4) is 5.69 Å². The molecule has 0 radical (unpaired) electrons. The van der Waals surface area contributed by atoms with Crippen molar-refractivity contribution in [3.63, 3.8) is 0 Å².